The van der Waals surface area contributed by atoms with Crippen LogP contribution in [-0.2, 0) is 4.79 Å². The van der Waals surface area contributed by atoms with Crippen molar-refractivity contribution < 1.29 is 31.1 Å². The highest BCUT2D eigenvalue weighted by molar-refractivity contribution is 6.16. The molecule has 1 atom stereocenters. The number of allylic oxidation sites excluding steroid dienone is 2. The predicted octanol–water partition coefficient (Wildman–Crippen LogP) is 2.73. The van der Waals surface area contributed by atoms with Crippen LogP contribution in [0.4, 0.5) is 26.3 Å². The van der Waals surface area contributed by atoms with E-state index in [1.807, 2.05) is 5.32 Å². The molecule has 1 aliphatic heterocycles. The van der Waals surface area contributed by atoms with Crippen molar-refractivity contribution in [2.45, 2.75) is 38.3 Å². The molecule has 19 heavy (non-hydrogen) atoms. The molecule has 0 radical (unpaired) electrons. The molecule has 0 aromatic heterocycles. The minimum Gasteiger partial charge on any atom is -0.357 e. The van der Waals surface area contributed by atoms with Crippen LogP contribution >= 0.6 is 0 Å². The minimum absolute atomic E-state index is 0.108. The summed E-state index contributed by atoms with van der Waals surface area (Å²) in [7, 11) is 0. The van der Waals surface area contributed by atoms with E-state index in [-0.39, 0.29) is 6.42 Å². The SMILES string of the molecule is CCC1(C)N=CC(C(=O)C(F)(F)F)=C(C(F)(F)F)N1. The summed E-state index contributed by atoms with van der Waals surface area (Å²) in [4.78, 5) is 14.5. The van der Waals surface area contributed by atoms with Crippen molar-refractivity contribution in [3.63, 3.8) is 0 Å². The number of rotatable bonds is 2. The summed E-state index contributed by atoms with van der Waals surface area (Å²) < 4.78 is 74.8. The highest BCUT2D eigenvalue weighted by atomic mass is 19.4. The Morgan fingerprint density at radius 2 is 1.84 bits per heavy atom. The van der Waals surface area contributed by atoms with E-state index < -0.39 is 35.1 Å². The molecule has 0 aliphatic carbocycles. The van der Waals surface area contributed by atoms with E-state index in [0.29, 0.717) is 6.21 Å². The van der Waals surface area contributed by atoms with E-state index in [1.54, 1.807) is 0 Å². The Kier molecular flexibility index (Phi) is 3.70. The number of hydrogen-bond acceptors (Lipinski definition) is 3. The van der Waals surface area contributed by atoms with Crippen molar-refractivity contribution in [2.24, 2.45) is 4.99 Å². The number of nitrogens with one attached hydrogen (secondary N) is 1. The Labute approximate surface area is 104 Å². The fraction of sp³-hybridized carbons (Fsp3) is 0.600. The highest BCUT2D eigenvalue weighted by Crippen LogP contribution is 2.34. The van der Waals surface area contributed by atoms with Crippen LogP contribution in [0.5, 0.6) is 0 Å². The topological polar surface area (TPSA) is 41.5 Å². The van der Waals surface area contributed by atoms with E-state index in [0.717, 1.165) is 0 Å². The van der Waals surface area contributed by atoms with Gasteiger partial charge in [-0.15, -0.1) is 0 Å². The highest BCUT2D eigenvalue weighted by Gasteiger charge is 2.49. The van der Waals surface area contributed by atoms with Gasteiger partial charge < -0.3 is 5.32 Å². The Hall–Kier alpha value is -1.54. The van der Waals surface area contributed by atoms with Gasteiger partial charge >= 0.3 is 12.4 Å². The largest absolute Gasteiger partial charge is 0.455 e. The smallest absolute Gasteiger partial charge is 0.357 e. The van der Waals surface area contributed by atoms with Crippen molar-refractivity contribution in [3.8, 4) is 0 Å². The Morgan fingerprint density at radius 3 is 2.21 bits per heavy atom. The average Bonchev–Trinajstić information content (AvgIpc) is 2.26. The van der Waals surface area contributed by atoms with Gasteiger partial charge in [0.25, 0.3) is 5.78 Å². The third kappa shape index (κ3) is 3.27. The van der Waals surface area contributed by atoms with Crippen LogP contribution in [0.15, 0.2) is 16.3 Å². The summed E-state index contributed by atoms with van der Waals surface area (Å²) in [6, 6.07) is 0. The molecular weight excluding hydrogens is 278 g/mol. The van der Waals surface area contributed by atoms with Gasteiger partial charge in [0.15, 0.2) is 0 Å². The molecule has 0 fully saturated rings. The third-order valence-corrected chi connectivity index (χ3v) is 2.62. The lowest BCUT2D eigenvalue weighted by Crippen LogP contribution is -2.48. The summed E-state index contributed by atoms with van der Waals surface area (Å²) >= 11 is 0. The van der Waals surface area contributed by atoms with Crippen molar-refractivity contribution in [2.75, 3.05) is 0 Å². The van der Waals surface area contributed by atoms with Gasteiger partial charge in [0.1, 0.15) is 11.4 Å². The van der Waals surface area contributed by atoms with E-state index in [4.69, 9.17) is 0 Å². The first-order valence-corrected chi connectivity index (χ1v) is 5.17. The number of hydrogen-bond donors (Lipinski definition) is 1. The van der Waals surface area contributed by atoms with Gasteiger partial charge in [-0.3, -0.25) is 9.79 Å². The van der Waals surface area contributed by atoms with E-state index >= 15 is 0 Å². The molecule has 9 heteroatoms. The summed E-state index contributed by atoms with van der Waals surface area (Å²) in [5.41, 5.74) is -4.62. The van der Waals surface area contributed by atoms with Crippen molar-refractivity contribution in [1.29, 1.82) is 0 Å². The molecule has 0 spiro atoms. The van der Waals surface area contributed by atoms with Crippen LogP contribution in [0.3, 0.4) is 0 Å². The van der Waals surface area contributed by atoms with Crippen LogP contribution in [-0.4, -0.2) is 30.0 Å². The fourth-order valence-electron chi connectivity index (χ4n) is 1.37. The molecule has 1 aliphatic rings. The zero-order chi connectivity index (χ0) is 15.1. The van der Waals surface area contributed by atoms with Gasteiger partial charge in [-0.1, -0.05) is 6.92 Å². The molecule has 0 saturated carbocycles. The molecule has 0 saturated heterocycles. The van der Waals surface area contributed by atoms with Gasteiger partial charge in [0.2, 0.25) is 0 Å². The zero-order valence-electron chi connectivity index (χ0n) is 9.91. The van der Waals surface area contributed by atoms with Crippen molar-refractivity contribution in [1.82, 2.24) is 5.32 Å². The molecule has 0 aromatic carbocycles. The standard InChI is InChI=1S/C10H10F6N2O/c1-3-8(2)17-4-5(7(19)10(14,15)16)6(18-8)9(11,12)13/h4,18H,3H2,1-2H3. The first kappa shape index (κ1) is 15.5. The van der Waals surface area contributed by atoms with Crippen LogP contribution in [0.1, 0.15) is 20.3 Å². The second-order valence-corrected chi connectivity index (χ2v) is 4.12. The molecule has 0 bridgehead atoms. The Balaban J connectivity index is 3.32. The molecule has 1 heterocycles. The lowest BCUT2D eigenvalue weighted by atomic mass is 10.0. The molecule has 108 valence electrons. The Bertz CT molecular complexity index is 448. The lowest BCUT2D eigenvalue weighted by molar-refractivity contribution is -0.166. The summed E-state index contributed by atoms with van der Waals surface area (Å²) in [5.74, 6) is -2.57. The van der Waals surface area contributed by atoms with Gasteiger partial charge in [0, 0.05) is 6.21 Å². The number of alkyl halides is 6. The maximum absolute atomic E-state index is 12.7. The summed E-state index contributed by atoms with van der Waals surface area (Å²) in [6.07, 6.45) is -10.0. The second-order valence-electron chi connectivity index (χ2n) is 4.12. The molecule has 1 unspecified atom stereocenters. The van der Waals surface area contributed by atoms with Crippen molar-refractivity contribution >= 4 is 12.0 Å². The Morgan fingerprint density at radius 1 is 1.32 bits per heavy atom. The number of halogens is 6. The number of ketones is 1. The van der Waals surface area contributed by atoms with Gasteiger partial charge in [-0.05, 0) is 13.3 Å². The lowest BCUT2D eigenvalue weighted by Gasteiger charge is -2.33. The van der Waals surface area contributed by atoms with Crippen molar-refractivity contribution in [3.05, 3.63) is 11.3 Å². The number of carbonyl (C=O) groups is 1. The number of aliphatic imine (C=N–C) groups is 1. The predicted molar refractivity (Wildman–Crippen MR) is 54.5 cm³/mol. The van der Waals surface area contributed by atoms with Crippen LogP contribution in [0, 0.1) is 0 Å². The summed E-state index contributed by atoms with van der Waals surface area (Å²) in [6.45, 7) is 2.79. The number of carbonyl (C=O) groups excluding carboxylic acids is 1. The molecule has 3 nitrogen and oxygen atoms in total. The maximum atomic E-state index is 12.7. The van der Waals surface area contributed by atoms with E-state index in [9.17, 15) is 31.1 Å². The number of nitrogens with zero attached hydrogens (tertiary/aromatic N) is 1. The van der Waals surface area contributed by atoms with Crippen LogP contribution in [0.25, 0.3) is 0 Å². The second kappa shape index (κ2) is 4.53. The number of Topliss-reactive ketones (excluding diaryl/α,β-unsaturated/α-hetero) is 1. The molecule has 0 amide bonds. The maximum Gasteiger partial charge on any atom is 0.455 e. The quantitative estimate of drug-likeness (QED) is 0.794. The summed E-state index contributed by atoms with van der Waals surface area (Å²) in [5, 5.41) is 1.86. The minimum atomic E-state index is -5.39. The van der Waals surface area contributed by atoms with E-state index in [1.165, 1.54) is 13.8 Å². The van der Waals surface area contributed by atoms with Crippen LogP contribution in [0.2, 0.25) is 0 Å². The zero-order valence-corrected chi connectivity index (χ0v) is 9.91. The van der Waals surface area contributed by atoms with Gasteiger partial charge in [0.05, 0.1) is 5.57 Å². The first-order valence-electron chi connectivity index (χ1n) is 5.17. The fourth-order valence-corrected chi connectivity index (χ4v) is 1.37. The normalized spacial score (nSPS) is 24.4. The monoisotopic (exact) mass is 288 g/mol. The molecule has 1 rings (SSSR count). The van der Waals surface area contributed by atoms with Crippen LogP contribution < -0.4 is 5.32 Å². The third-order valence-electron chi connectivity index (χ3n) is 2.62. The molecule has 0 aromatic rings. The van der Waals surface area contributed by atoms with E-state index in [2.05, 4.69) is 4.99 Å². The molecule has 1 N–H and O–H groups in total. The van der Waals surface area contributed by atoms with Gasteiger partial charge in [-0.25, -0.2) is 0 Å². The molecular formula is C10H10F6N2O. The average molecular weight is 288 g/mol. The van der Waals surface area contributed by atoms with Gasteiger partial charge in [-0.2, -0.15) is 26.3 Å². The first-order chi connectivity index (χ1) is 8.41.